The van der Waals surface area contributed by atoms with Crippen LogP contribution in [0.25, 0.3) is 0 Å². The number of likely N-dealkylation sites (tertiary alicyclic amines) is 1. The van der Waals surface area contributed by atoms with E-state index in [0.717, 1.165) is 19.1 Å². The van der Waals surface area contributed by atoms with E-state index in [2.05, 4.69) is 27.7 Å². The Morgan fingerprint density at radius 2 is 2.10 bits per heavy atom. The van der Waals surface area contributed by atoms with E-state index >= 15 is 0 Å². The molecule has 1 saturated carbocycles. The van der Waals surface area contributed by atoms with Crippen molar-refractivity contribution in [1.82, 2.24) is 10.2 Å². The molecule has 0 spiro atoms. The van der Waals surface area contributed by atoms with Gasteiger partial charge in [-0.1, -0.05) is 18.9 Å². The van der Waals surface area contributed by atoms with Gasteiger partial charge in [0.05, 0.1) is 0 Å². The average molecular weight is 293 g/mol. The van der Waals surface area contributed by atoms with E-state index in [4.69, 9.17) is 5.73 Å². The summed E-state index contributed by atoms with van der Waals surface area (Å²) in [5.74, 6) is 0.689. The molecular formula is C16H27N3S. The van der Waals surface area contributed by atoms with Crippen LogP contribution in [0.4, 0.5) is 0 Å². The van der Waals surface area contributed by atoms with Gasteiger partial charge in [0.15, 0.2) is 0 Å². The van der Waals surface area contributed by atoms with Gasteiger partial charge in [-0.25, -0.2) is 0 Å². The Kier molecular flexibility index (Phi) is 5.10. The lowest BCUT2D eigenvalue weighted by Gasteiger charge is -2.39. The van der Waals surface area contributed by atoms with Crippen molar-refractivity contribution in [2.75, 3.05) is 26.2 Å². The summed E-state index contributed by atoms with van der Waals surface area (Å²) in [6, 6.07) is 5.89. The molecule has 112 valence electrons. The maximum absolute atomic E-state index is 5.77. The molecule has 3 N–H and O–H groups in total. The number of thiophene rings is 1. The van der Waals surface area contributed by atoms with Gasteiger partial charge >= 0.3 is 0 Å². The third kappa shape index (κ3) is 3.61. The van der Waals surface area contributed by atoms with Gasteiger partial charge in [0.1, 0.15) is 0 Å². The van der Waals surface area contributed by atoms with E-state index < -0.39 is 0 Å². The predicted molar refractivity (Wildman–Crippen MR) is 86.4 cm³/mol. The second-order valence-electron chi connectivity index (χ2n) is 6.34. The lowest BCUT2D eigenvalue weighted by atomic mass is 9.92. The summed E-state index contributed by atoms with van der Waals surface area (Å²) >= 11 is 1.91. The largest absolute Gasteiger partial charge is 0.329 e. The molecule has 2 heterocycles. The highest BCUT2D eigenvalue weighted by molar-refractivity contribution is 7.10. The first-order valence-electron chi connectivity index (χ1n) is 8.07. The van der Waals surface area contributed by atoms with E-state index in [0.29, 0.717) is 12.0 Å². The van der Waals surface area contributed by atoms with Gasteiger partial charge in [0.2, 0.25) is 0 Å². The van der Waals surface area contributed by atoms with Crippen LogP contribution < -0.4 is 11.1 Å². The summed E-state index contributed by atoms with van der Waals surface area (Å²) in [6.45, 7) is 4.16. The zero-order chi connectivity index (χ0) is 13.8. The molecule has 3 rings (SSSR count). The molecule has 4 heteroatoms. The smallest absolute Gasteiger partial charge is 0.0204 e. The van der Waals surface area contributed by atoms with Crippen molar-refractivity contribution in [2.45, 2.75) is 50.1 Å². The average Bonchev–Trinajstić information content (AvgIpc) is 3.11. The molecule has 0 aromatic carbocycles. The lowest BCUT2D eigenvalue weighted by Crippen LogP contribution is -2.51. The van der Waals surface area contributed by atoms with E-state index in [1.54, 1.807) is 4.88 Å². The Morgan fingerprint density at radius 3 is 2.80 bits per heavy atom. The van der Waals surface area contributed by atoms with E-state index in [1.165, 1.54) is 45.2 Å². The number of nitrogens with zero attached hydrogens (tertiary/aromatic N) is 1. The van der Waals surface area contributed by atoms with Crippen molar-refractivity contribution in [3.8, 4) is 0 Å². The first-order chi connectivity index (χ1) is 9.85. The maximum Gasteiger partial charge on any atom is 0.0204 e. The minimum atomic E-state index is 0.644. The number of piperidine rings is 1. The number of hydrogen-bond acceptors (Lipinski definition) is 4. The van der Waals surface area contributed by atoms with Crippen LogP contribution in [0.2, 0.25) is 0 Å². The molecule has 0 amide bonds. The van der Waals surface area contributed by atoms with Crippen LogP contribution in [-0.4, -0.2) is 43.2 Å². The number of rotatable bonds is 5. The zero-order valence-electron chi connectivity index (χ0n) is 12.3. The van der Waals surface area contributed by atoms with Crippen molar-refractivity contribution < 1.29 is 0 Å². The zero-order valence-corrected chi connectivity index (χ0v) is 13.1. The summed E-state index contributed by atoms with van der Waals surface area (Å²) in [6.07, 6.45) is 6.85. The molecule has 1 aromatic heterocycles. The van der Waals surface area contributed by atoms with E-state index in [9.17, 15) is 0 Å². The fraction of sp³-hybridized carbons (Fsp3) is 0.750. The minimum Gasteiger partial charge on any atom is -0.329 e. The maximum atomic E-state index is 5.77. The molecule has 0 bridgehead atoms. The van der Waals surface area contributed by atoms with Gasteiger partial charge in [-0.2, -0.15) is 0 Å². The highest BCUT2D eigenvalue weighted by Crippen LogP contribution is 2.31. The van der Waals surface area contributed by atoms with Crippen LogP contribution in [0, 0.1) is 0 Å². The molecule has 1 aliphatic heterocycles. The van der Waals surface area contributed by atoms with Crippen molar-refractivity contribution in [1.29, 1.82) is 0 Å². The van der Waals surface area contributed by atoms with E-state index in [-0.39, 0.29) is 0 Å². The van der Waals surface area contributed by atoms with Gasteiger partial charge < -0.3 is 11.1 Å². The first kappa shape index (κ1) is 14.5. The number of nitrogens with one attached hydrogen (secondary N) is 1. The quantitative estimate of drug-likeness (QED) is 0.876. The fourth-order valence-corrected chi connectivity index (χ4v) is 4.67. The Morgan fingerprint density at radius 1 is 1.25 bits per heavy atom. The normalized spacial score (nSPS) is 29.1. The summed E-state index contributed by atoms with van der Waals surface area (Å²) in [7, 11) is 0. The molecule has 20 heavy (non-hydrogen) atoms. The van der Waals surface area contributed by atoms with Crippen LogP contribution in [0.5, 0.6) is 0 Å². The Labute approximate surface area is 126 Å². The molecule has 0 radical (unpaired) electrons. The molecule has 3 nitrogen and oxygen atoms in total. The SMILES string of the molecule is NCCN1CC(NC2CCCC2)CC(c2cccs2)C1. The van der Waals surface area contributed by atoms with Crippen LogP contribution >= 0.6 is 11.3 Å². The Bertz CT molecular complexity index is 386. The molecule has 2 aliphatic rings. The second kappa shape index (κ2) is 7.03. The lowest BCUT2D eigenvalue weighted by molar-refractivity contribution is 0.169. The Hall–Kier alpha value is -0.420. The third-order valence-corrected chi connectivity index (χ3v) is 5.78. The molecule has 1 aromatic rings. The Balaban J connectivity index is 1.63. The van der Waals surface area contributed by atoms with Crippen molar-refractivity contribution >= 4 is 11.3 Å². The summed E-state index contributed by atoms with van der Waals surface area (Å²) in [5, 5.41) is 6.13. The van der Waals surface area contributed by atoms with Crippen LogP contribution in [0.3, 0.4) is 0 Å². The highest BCUT2D eigenvalue weighted by atomic mass is 32.1. The van der Waals surface area contributed by atoms with Crippen LogP contribution in [0.1, 0.15) is 42.9 Å². The second-order valence-corrected chi connectivity index (χ2v) is 7.32. The monoisotopic (exact) mass is 293 g/mol. The highest BCUT2D eigenvalue weighted by Gasteiger charge is 2.30. The molecule has 2 unspecified atom stereocenters. The minimum absolute atomic E-state index is 0.644. The summed E-state index contributed by atoms with van der Waals surface area (Å²) in [5.41, 5.74) is 5.77. The third-order valence-electron chi connectivity index (χ3n) is 4.74. The molecular weight excluding hydrogens is 266 g/mol. The van der Waals surface area contributed by atoms with Crippen LogP contribution in [-0.2, 0) is 0 Å². The molecule has 2 fully saturated rings. The fourth-order valence-electron chi connectivity index (χ4n) is 3.83. The van der Waals surface area contributed by atoms with Gasteiger partial charge in [-0.05, 0) is 30.7 Å². The van der Waals surface area contributed by atoms with Crippen molar-refractivity contribution in [3.05, 3.63) is 22.4 Å². The molecule has 2 atom stereocenters. The van der Waals surface area contributed by atoms with Crippen molar-refractivity contribution in [3.63, 3.8) is 0 Å². The van der Waals surface area contributed by atoms with Crippen molar-refractivity contribution in [2.24, 2.45) is 5.73 Å². The van der Waals surface area contributed by atoms with E-state index in [1.807, 2.05) is 11.3 Å². The van der Waals surface area contributed by atoms with Crippen LogP contribution in [0.15, 0.2) is 17.5 Å². The number of nitrogens with two attached hydrogens (primary N) is 1. The molecule has 1 aliphatic carbocycles. The predicted octanol–water partition coefficient (Wildman–Crippen LogP) is 2.40. The topological polar surface area (TPSA) is 41.3 Å². The standard InChI is InChI=1S/C16H27N3S/c17-7-8-19-11-13(16-6-3-9-20-16)10-15(12-19)18-14-4-1-2-5-14/h3,6,9,13-15,18H,1-2,4-5,7-8,10-12,17H2. The first-order valence-corrected chi connectivity index (χ1v) is 8.95. The van der Waals surface area contributed by atoms with Gasteiger partial charge in [0, 0.05) is 49.1 Å². The summed E-state index contributed by atoms with van der Waals surface area (Å²) in [4.78, 5) is 4.10. The molecule has 1 saturated heterocycles. The van der Waals surface area contributed by atoms with Gasteiger partial charge in [-0.15, -0.1) is 11.3 Å². The number of hydrogen-bond donors (Lipinski definition) is 2. The van der Waals surface area contributed by atoms with Gasteiger partial charge in [-0.3, -0.25) is 4.90 Å². The summed E-state index contributed by atoms with van der Waals surface area (Å²) < 4.78 is 0. The van der Waals surface area contributed by atoms with Gasteiger partial charge in [0.25, 0.3) is 0 Å².